The van der Waals surface area contributed by atoms with E-state index < -0.39 is 17.3 Å². The van der Waals surface area contributed by atoms with Gasteiger partial charge in [-0.1, -0.05) is 20.8 Å². The number of aliphatic hydroxyl groups is 1. The van der Waals surface area contributed by atoms with Crippen molar-refractivity contribution in [2.24, 2.45) is 16.3 Å². The maximum Gasteiger partial charge on any atom is 0.316 e. The summed E-state index contributed by atoms with van der Waals surface area (Å²) in [6, 6.07) is 7.06. The van der Waals surface area contributed by atoms with Crippen molar-refractivity contribution in [3.8, 4) is 5.75 Å². The SMILES string of the molecule is CCC(=Nc1ccc(OC)cc1)C1=C(O)[C@H](C(=O)OC)C(C)(C)CC1=O. The molecule has 2 rings (SSSR count). The molecular weight excluding hydrogens is 334 g/mol. The minimum absolute atomic E-state index is 0.123. The first kappa shape index (κ1) is 19.7. The number of ether oxygens (including phenoxy) is 2. The van der Waals surface area contributed by atoms with Gasteiger partial charge in [0.1, 0.15) is 17.4 Å². The third-order valence-corrected chi connectivity index (χ3v) is 4.60. The molecule has 6 nitrogen and oxygen atoms in total. The van der Waals surface area contributed by atoms with Crippen LogP contribution in [0.3, 0.4) is 0 Å². The fourth-order valence-corrected chi connectivity index (χ4v) is 3.24. The van der Waals surface area contributed by atoms with Crippen LogP contribution in [0, 0.1) is 11.3 Å². The molecule has 0 spiro atoms. The van der Waals surface area contributed by atoms with E-state index in [1.165, 1.54) is 7.11 Å². The molecule has 0 aliphatic heterocycles. The van der Waals surface area contributed by atoms with Crippen LogP contribution in [0.5, 0.6) is 5.75 Å². The molecular formula is C20H25NO5. The third kappa shape index (κ3) is 3.79. The molecule has 0 saturated heterocycles. The predicted octanol–water partition coefficient (Wildman–Crippen LogP) is 3.78. The van der Waals surface area contributed by atoms with Gasteiger partial charge in [0.2, 0.25) is 0 Å². The molecule has 1 aromatic rings. The molecule has 1 atom stereocenters. The van der Waals surface area contributed by atoms with Crippen molar-refractivity contribution >= 4 is 23.2 Å². The largest absolute Gasteiger partial charge is 0.511 e. The van der Waals surface area contributed by atoms with Crippen LogP contribution in [0.2, 0.25) is 0 Å². The van der Waals surface area contributed by atoms with Crippen LogP contribution in [0.25, 0.3) is 0 Å². The first-order chi connectivity index (χ1) is 12.2. The zero-order valence-electron chi connectivity index (χ0n) is 15.8. The van der Waals surface area contributed by atoms with Crippen LogP contribution in [-0.2, 0) is 14.3 Å². The van der Waals surface area contributed by atoms with Gasteiger partial charge in [0, 0.05) is 6.42 Å². The van der Waals surface area contributed by atoms with Crippen LogP contribution in [0.4, 0.5) is 5.69 Å². The van der Waals surface area contributed by atoms with Crippen LogP contribution in [0.1, 0.15) is 33.6 Å². The van der Waals surface area contributed by atoms with E-state index in [0.29, 0.717) is 23.6 Å². The summed E-state index contributed by atoms with van der Waals surface area (Å²) in [6.07, 6.45) is 0.569. The Bertz CT molecular complexity index is 759. The van der Waals surface area contributed by atoms with E-state index in [-0.39, 0.29) is 23.5 Å². The number of carbonyl (C=O) groups excluding carboxylic acids is 2. The summed E-state index contributed by atoms with van der Waals surface area (Å²) < 4.78 is 9.96. The average molecular weight is 359 g/mol. The second-order valence-corrected chi connectivity index (χ2v) is 6.92. The fraction of sp³-hybridized carbons (Fsp3) is 0.450. The number of nitrogens with zero attached hydrogens (tertiary/aromatic N) is 1. The van der Waals surface area contributed by atoms with E-state index >= 15 is 0 Å². The number of ketones is 1. The number of carbonyl (C=O) groups is 2. The van der Waals surface area contributed by atoms with E-state index in [0.717, 1.165) is 0 Å². The number of benzene rings is 1. The Hall–Kier alpha value is -2.63. The van der Waals surface area contributed by atoms with Crippen molar-refractivity contribution in [2.75, 3.05) is 14.2 Å². The summed E-state index contributed by atoms with van der Waals surface area (Å²) in [7, 11) is 2.85. The molecule has 0 fully saturated rings. The number of aliphatic imine (C=N–C) groups is 1. The van der Waals surface area contributed by atoms with Gasteiger partial charge in [0.05, 0.1) is 31.2 Å². The zero-order chi connectivity index (χ0) is 19.5. The van der Waals surface area contributed by atoms with Crippen molar-refractivity contribution in [2.45, 2.75) is 33.6 Å². The second-order valence-electron chi connectivity index (χ2n) is 6.92. The van der Waals surface area contributed by atoms with Crippen molar-refractivity contribution in [1.29, 1.82) is 0 Å². The van der Waals surface area contributed by atoms with E-state index in [1.54, 1.807) is 45.2 Å². The van der Waals surface area contributed by atoms with Crippen LogP contribution in [-0.4, -0.2) is 36.8 Å². The lowest BCUT2D eigenvalue weighted by Gasteiger charge is -2.36. The quantitative estimate of drug-likeness (QED) is 0.639. The maximum absolute atomic E-state index is 12.7. The topological polar surface area (TPSA) is 85.2 Å². The summed E-state index contributed by atoms with van der Waals surface area (Å²) in [5.74, 6) is -1.23. The number of hydrogen-bond donors (Lipinski definition) is 1. The molecule has 6 heteroatoms. The zero-order valence-corrected chi connectivity index (χ0v) is 15.8. The van der Waals surface area contributed by atoms with E-state index in [2.05, 4.69) is 4.99 Å². The molecule has 1 aliphatic carbocycles. The smallest absolute Gasteiger partial charge is 0.316 e. The van der Waals surface area contributed by atoms with Gasteiger partial charge in [0.25, 0.3) is 0 Å². The Balaban J connectivity index is 2.54. The minimum Gasteiger partial charge on any atom is -0.511 e. The van der Waals surface area contributed by atoms with Gasteiger partial charge in [-0.05, 0) is 36.1 Å². The lowest BCUT2D eigenvalue weighted by molar-refractivity contribution is -0.150. The van der Waals surface area contributed by atoms with Gasteiger partial charge >= 0.3 is 5.97 Å². The molecule has 0 bridgehead atoms. The standard InChI is InChI=1S/C20H25NO5/c1-6-14(21-12-7-9-13(25-4)10-8-12)16-15(22)11-20(2,3)17(18(16)23)19(24)26-5/h7-10,17,23H,6,11H2,1-5H3/t17-/m1/s1. The number of allylic oxidation sites excluding steroid dienone is 1. The number of esters is 1. The molecule has 0 unspecified atom stereocenters. The molecule has 0 aromatic heterocycles. The van der Waals surface area contributed by atoms with Gasteiger partial charge in [-0.25, -0.2) is 0 Å². The van der Waals surface area contributed by atoms with Gasteiger partial charge in [-0.15, -0.1) is 0 Å². The predicted molar refractivity (Wildman–Crippen MR) is 98.9 cm³/mol. The van der Waals surface area contributed by atoms with Gasteiger partial charge < -0.3 is 14.6 Å². The summed E-state index contributed by atoms with van der Waals surface area (Å²) in [5, 5.41) is 10.8. The van der Waals surface area contributed by atoms with Gasteiger partial charge in [0.15, 0.2) is 5.78 Å². The van der Waals surface area contributed by atoms with Crippen molar-refractivity contribution in [3.63, 3.8) is 0 Å². The monoisotopic (exact) mass is 359 g/mol. The Labute approximate surface area is 153 Å². The van der Waals surface area contributed by atoms with E-state index in [9.17, 15) is 14.7 Å². The first-order valence-electron chi connectivity index (χ1n) is 8.51. The molecule has 26 heavy (non-hydrogen) atoms. The van der Waals surface area contributed by atoms with E-state index in [1.807, 2.05) is 6.92 Å². The first-order valence-corrected chi connectivity index (χ1v) is 8.51. The summed E-state index contributed by atoms with van der Waals surface area (Å²) >= 11 is 0. The molecule has 0 heterocycles. The molecule has 0 saturated carbocycles. The molecule has 0 radical (unpaired) electrons. The highest BCUT2D eigenvalue weighted by Gasteiger charge is 2.47. The highest BCUT2D eigenvalue weighted by Crippen LogP contribution is 2.42. The lowest BCUT2D eigenvalue weighted by Crippen LogP contribution is -2.41. The highest BCUT2D eigenvalue weighted by molar-refractivity contribution is 6.24. The number of rotatable bonds is 5. The van der Waals surface area contributed by atoms with Gasteiger partial charge in [-0.3, -0.25) is 14.6 Å². The average Bonchev–Trinajstić information content (AvgIpc) is 2.59. The second kappa shape index (κ2) is 7.72. The maximum atomic E-state index is 12.7. The number of aliphatic hydroxyl groups excluding tert-OH is 1. The Morgan fingerprint density at radius 3 is 2.38 bits per heavy atom. The normalized spacial score (nSPS) is 20.1. The fourth-order valence-electron chi connectivity index (χ4n) is 3.24. The molecule has 1 N–H and O–H groups in total. The van der Waals surface area contributed by atoms with Crippen molar-refractivity contribution in [1.82, 2.24) is 0 Å². The summed E-state index contributed by atoms with van der Waals surface area (Å²) in [6.45, 7) is 5.39. The molecule has 0 amide bonds. The minimum atomic E-state index is -0.896. The number of methoxy groups -OCH3 is 2. The molecule has 1 aliphatic rings. The van der Waals surface area contributed by atoms with Crippen molar-refractivity contribution < 1.29 is 24.2 Å². The van der Waals surface area contributed by atoms with Crippen LogP contribution >= 0.6 is 0 Å². The Morgan fingerprint density at radius 1 is 1.27 bits per heavy atom. The van der Waals surface area contributed by atoms with E-state index in [4.69, 9.17) is 9.47 Å². The summed E-state index contributed by atoms with van der Waals surface area (Å²) in [5.41, 5.74) is 0.479. The summed E-state index contributed by atoms with van der Waals surface area (Å²) in [4.78, 5) is 29.4. The third-order valence-electron chi connectivity index (χ3n) is 4.60. The highest BCUT2D eigenvalue weighted by atomic mass is 16.5. The van der Waals surface area contributed by atoms with Gasteiger partial charge in [-0.2, -0.15) is 0 Å². The Kier molecular flexibility index (Phi) is 5.85. The lowest BCUT2D eigenvalue weighted by atomic mass is 9.67. The number of hydrogen-bond acceptors (Lipinski definition) is 6. The van der Waals surface area contributed by atoms with Crippen molar-refractivity contribution in [3.05, 3.63) is 35.6 Å². The van der Waals surface area contributed by atoms with Crippen LogP contribution in [0.15, 0.2) is 40.6 Å². The number of Topliss-reactive ketones (excluding diaryl/α,β-unsaturated/α-hetero) is 1. The van der Waals surface area contributed by atoms with Crippen LogP contribution < -0.4 is 4.74 Å². The molecule has 1 aromatic carbocycles. The molecule has 140 valence electrons. The Morgan fingerprint density at radius 2 is 1.88 bits per heavy atom.